The maximum Gasteiger partial charge on any atom is 0.349 e. The van der Waals surface area contributed by atoms with Gasteiger partial charge in [-0.15, -0.1) is 0 Å². The smallest absolute Gasteiger partial charge is 0.349 e. The average Bonchev–Trinajstić information content (AvgIpc) is 2.80. The van der Waals surface area contributed by atoms with E-state index in [1.165, 1.54) is 19.4 Å². The van der Waals surface area contributed by atoms with Gasteiger partial charge in [0.15, 0.2) is 11.3 Å². The summed E-state index contributed by atoms with van der Waals surface area (Å²) in [6, 6.07) is 12.1. The largest absolute Gasteiger partial charge is 0.493 e. The van der Waals surface area contributed by atoms with Gasteiger partial charge in [0.2, 0.25) is 5.88 Å². The molecule has 4 rings (SSSR count). The number of hydrogen-bond acceptors (Lipinski definition) is 7. The summed E-state index contributed by atoms with van der Waals surface area (Å²) in [6.07, 6.45) is 4.41. The number of carbonyl (C=O) groups is 1. The maximum absolute atomic E-state index is 12.7. The van der Waals surface area contributed by atoms with Crippen molar-refractivity contribution in [2.75, 3.05) is 7.11 Å². The molecule has 0 unspecified atom stereocenters. The Morgan fingerprint density at radius 2 is 2.03 bits per heavy atom. The molecule has 2 aromatic heterocycles. The zero-order valence-corrected chi connectivity index (χ0v) is 17.0. The van der Waals surface area contributed by atoms with Crippen molar-refractivity contribution in [3.63, 3.8) is 0 Å². The average molecular weight is 419 g/mol. The fraction of sp³-hybridized carbons (Fsp3) is 0.304. The third-order valence-electron chi connectivity index (χ3n) is 5.35. The summed E-state index contributed by atoms with van der Waals surface area (Å²) in [5.74, 6) is 0.476. The first-order valence-electron chi connectivity index (χ1n) is 10.0. The highest BCUT2D eigenvalue weighted by Crippen LogP contribution is 2.25. The molecule has 1 aliphatic carbocycles. The molecular weight excluding hydrogens is 398 g/mol. The standard InChI is InChI=1S/C23H21N3O5/c1-29-19-4-2-3-15-11-18(23(28)31-21(15)19)22(27)26-16-6-8-17(9-7-16)30-20-10-5-14(12-24)13-25-20/h2-5,10-11,13,16-17H,6-9H2,1H3,(H,26,27). The number of carbonyl (C=O) groups excluding carboxylic acids is 1. The summed E-state index contributed by atoms with van der Waals surface area (Å²) in [4.78, 5) is 29.2. The second-order valence-electron chi connectivity index (χ2n) is 7.39. The van der Waals surface area contributed by atoms with E-state index < -0.39 is 11.5 Å². The minimum absolute atomic E-state index is 0.00760. The van der Waals surface area contributed by atoms with Gasteiger partial charge in [-0.05, 0) is 43.9 Å². The van der Waals surface area contributed by atoms with Crippen LogP contribution in [0, 0.1) is 11.3 Å². The van der Waals surface area contributed by atoms with E-state index in [9.17, 15) is 9.59 Å². The molecule has 1 amide bonds. The molecule has 8 nitrogen and oxygen atoms in total. The molecule has 31 heavy (non-hydrogen) atoms. The van der Waals surface area contributed by atoms with E-state index in [2.05, 4.69) is 10.3 Å². The van der Waals surface area contributed by atoms with Crippen molar-refractivity contribution in [1.29, 1.82) is 5.26 Å². The third kappa shape index (κ3) is 4.51. The normalized spacial score (nSPS) is 18.2. The van der Waals surface area contributed by atoms with Crippen molar-refractivity contribution in [2.24, 2.45) is 0 Å². The molecule has 158 valence electrons. The van der Waals surface area contributed by atoms with Crippen molar-refractivity contribution < 1.29 is 18.7 Å². The van der Waals surface area contributed by atoms with Gasteiger partial charge in [-0.25, -0.2) is 9.78 Å². The van der Waals surface area contributed by atoms with E-state index in [0.717, 1.165) is 25.7 Å². The highest BCUT2D eigenvalue weighted by atomic mass is 16.5. The summed E-state index contributed by atoms with van der Waals surface area (Å²) >= 11 is 0. The second kappa shape index (κ2) is 8.88. The molecule has 0 aliphatic heterocycles. The van der Waals surface area contributed by atoms with Gasteiger partial charge in [0, 0.05) is 23.7 Å². The molecule has 1 fully saturated rings. The van der Waals surface area contributed by atoms with Crippen molar-refractivity contribution in [3.05, 3.63) is 64.1 Å². The van der Waals surface area contributed by atoms with Gasteiger partial charge in [0.05, 0.1) is 12.7 Å². The van der Waals surface area contributed by atoms with Crippen LogP contribution in [0.15, 0.2) is 51.8 Å². The fourth-order valence-corrected chi connectivity index (χ4v) is 3.71. The number of aromatic nitrogens is 1. The third-order valence-corrected chi connectivity index (χ3v) is 5.35. The zero-order valence-electron chi connectivity index (χ0n) is 17.0. The number of benzene rings is 1. The number of rotatable bonds is 5. The van der Waals surface area contributed by atoms with Crippen LogP contribution in [0.1, 0.15) is 41.6 Å². The van der Waals surface area contributed by atoms with E-state index in [-0.39, 0.29) is 17.7 Å². The molecule has 0 atom stereocenters. The Morgan fingerprint density at radius 3 is 2.71 bits per heavy atom. The van der Waals surface area contributed by atoms with E-state index in [1.807, 2.05) is 6.07 Å². The minimum Gasteiger partial charge on any atom is -0.493 e. The Hall–Kier alpha value is -3.86. The van der Waals surface area contributed by atoms with Crippen LogP contribution in [0.5, 0.6) is 11.6 Å². The Bertz CT molecular complexity index is 1190. The highest BCUT2D eigenvalue weighted by molar-refractivity contribution is 5.97. The van der Waals surface area contributed by atoms with Crippen molar-refractivity contribution in [2.45, 2.75) is 37.8 Å². The molecule has 0 bridgehead atoms. The number of hydrogen-bond donors (Lipinski definition) is 1. The number of nitrogens with one attached hydrogen (secondary N) is 1. The lowest BCUT2D eigenvalue weighted by Crippen LogP contribution is -2.41. The van der Waals surface area contributed by atoms with E-state index in [1.54, 1.807) is 30.3 Å². The van der Waals surface area contributed by atoms with Crippen LogP contribution in [-0.4, -0.2) is 30.1 Å². The Labute approximate surface area is 178 Å². The first-order valence-corrected chi connectivity index (χ1v) is 10.0. The molecule has 2 heterocycles. The van der Waals surface area contributed by atoms with Gasteiger partial charge in [0.1, 0.15) is 17.7 Å². The number of ether oxygens (including phenoxy) is 2. The number of amides is 1. The lowest BCUT2D eigenvalue weighted by atomic mass is 9.92. The summed E-state index contributed by atoms with van der Waals surface area (Å²) in [5.41, 5.74) is 0.0790. The summed E-state index contributed by atoms with van der Waals surface area (Å²) < 4.78 is 16.4. The van der Waals surface area contributed by atoms with Crippen molar-refractivity contribution in [3.8, 4) is 17.7 Å². The van der Waals surface area contributed by atoms with Gasteiger partial charge < -0.3 is 19.2 Å². The molecule has 1 saturated carbocycles. The number of pyridine rings is 1. The highest BCUT2D eigenvalue weighted by Gasteiger charge is 2.25. The Morgan fingerprint density at radius 1 is 1.23 bits per heavy atom. The molecule has 1 N–H and O–H groups in total. The molecule has 1 aliphatic rings. The van der Waals surface area contributed by atoms with Gasteiger partial charge >= 0.3 is 5.63 Å². The predicted octanol–water partition coefficient (Wildman–Crippen LogP) is 3.19. The quantitative estimate of drug-likeness (QED) is 0.632. The zero-order chi connectivity index (χ0) is 21.8. The topological polar surface area (TPSA) is 114 Å². The van der Waals surface area contributed by atoms with Crippen molar-refractivity contribution in [1.82, 2.24) is 10.3 Å². The van der Waals surface area contributed by atoms with E-state index in [0.29, 0.717) is 28.2 Å². The first-order chi connectivity index (χ1) is 15.1. The lowest BCUT2D eigenvalue weighted by Gasteiger charge is -2.29. The second-order valence-corrected chi connectivity index (χ2v) is 7.39. The van der Waals surface area contributed by atoms with Gasteiger partial charge in [-0.1, -0.05) is 12.1 Å². The molecule has 3 aromatic rings. The molecule has 0 radical (unpaired) electrons. The fourth-order valence-electron chi connectivity index (χ4n) is 3.71. The van der Waals surface area contributed by atoms with Crippen LogP contribution in [0.25, 0.3) is 11.0 Å². The molecule has 0 spiro atoms. The van der Waals surface area contributed by atoms with Crippen LogP contribution in [0.4, 0.5) is 0 Å². The monoisotopic (exact) mass is 419 g/mol. The molecule has 1 aromatic carbocycles. The van der Waals surface area contributed by atoms with E-state index >= 15 is 0 Å². The predicted molar refractivity (Wildman–Crippen MR) is 112 cm³/mol. The van der Waals surface area contributed by atoms with Crippen LogP contribution >= 0.6 is 0 Å². The van der Waals surface area contributed by atoms with Crippen LogP contribution in [0.2, 0.25) is 0 Å². The SMILES string of the molecule is COc1cccc2cc(C(=O)NC3CCC(Oc4ccc(C#N)cn4)CC3)c(=O)oc12. The Balaban J connectivity index is 1.37. The van der Waals surface area contributed by atoms with Gasteiger partial charge in [-0.3, -0.25) is 4.79 Å². The summed E-state index contributed by atoms with van der Waals surface area (Å²) in [7, 11) is 1.49. The van der Waals surface area contributed by atoms with Crippen molar-refractivity contribution >= 4 is 16.9 Å². The van der Waals surface area contributed by atoms with Gasteiger partial charge in [0.25, 0.3) is 5.91 Å². The van der Waals surface area contributed by atoms with Crippen LogP contribution < -0.4 is 20.4 Å². The van der Waals surface area contributed by atoms with E-state index in [4.69, 9.17) is 19.2 Å². The molecular formula is C23H21N3O5. The summed E-state index contributed by atoms with van der Waals surface area (Å²) in [5, 5.41) is 12.4. The Kier molecular flexibility index (Phi) is 5.85. The minimum atomic E-state index is -0.696. The van der Waals surface area contributed by atoms with Crippen LogP contribution in [0.3, 0.4) is 0 Å². The molecule has 8 heteroatoms. The summed E-state index contributed by atoms with van der Waals surface area (Å²) in [6.45, 7) is 0. The van der Waals surface area contributed by atoms with Crippen LogP contribution in [-0.2, 0) is 0 Å². The number of nitriles is 1. The molecule has 0 saturated heterocycles. The number of nitrogens with zero attached hydrogens (tertiary/aromatic N) is 2. The first kappa shape index (κ1) is 20.4. The number of fused-ring (bicyclic) bond motifs is 1. The maximum atomic E-state index is 12.7. The number of para-hydroxylation sites is 1. The van der Waals surface area contributed by atoms with Gasteiger partial charge in [-0.2, -0.15) is 5.26 Å². The lowest BCUT2D eigenvalue weighted by molar-refractivity contribution is 0.0886. The number of methoxy groups -OCH3 is 1.